The van der Waals surface area contributed by atoms with Gasteiger partial charge in [-0.25, -0.2) is 13.1 Å². The third kappa shape index (κ3) is 5.76. The van der Waals surface area contributed by atoms with Crippen LogP contribution in [-0.4, -0.2) is 44.5 Å². The van der Waals surface area contributed by atoms with Gasteiger partial charge in [0.2, 0.25) is 10.0 Å². The van der Waals surface area contributed by atoms with Crippen LogP contribution in [0.3, 0.4) is 0 Å². The first kappa shape index (κ1) is 23.5. The Labute approximate surface area is 186 Å². The van der Waals surface area contributed by atoms with Crippen molar-refractivity contribution >= 4 is 20.9 Å². The molecule has 0 radical (unpaired) electrons. The molecular weight excluding hydrogens is 406 g/mol. The number of benzene rings is 2. The van der Waals surface area contributed by atoms with Crippen LogP contribution in [0.4, 0.5) is 0 Å². The molecule has 3 aromatic rings. The van der Waals surface area contributed by atoms with E-state index in [-0.39, 0.29) is 0 Å². The minimum Gasteiger partial charge on any atom is -0.361 e. The van der Waals surface area contributed by atoms with Crippen molar-refractivity contribution in [2.45, 2.75) is 51.3 Å². The number of H-pyrrole nitrogens is 1. The second-order valence-corrected chi connectivity index (χ2v) is 10.0. The molecule has 1 aromatic heterocycles. The fourth-order valence-corrected chi connectivity index (χ4v) is 5.06. The number of hydrogen-bond donors (Lipinski definition) is 2. The number of hydrogen-bond acceptors (Lipinski definition) is 3. The molecule has 6 heteroatoms. The minimum atomic E-state index is -3.52. The molecule has 0 spiro atoms. The smallest absolute Gasteiger partial charge is 0.240 e. The van der Waals surface area contributed by atoms with Crippen LogP contribution >= 0.6 is 0 Å². The highest BCUT2D eigenvalue weighted by molar-refractivity contribution is 7.89. The van der Waals surface area contributed by atoms with Gasteiger partial charge in [0.25, 0.3) is 0 Å². The summed E-state index contributed by atoms with van der Waals surface area (Å²) in [7, 11) is -3.52. The number of sulfonamides is 1. The maximum Gasteiger partial charge on any atom is 0.240 e. The van der Waals surface area contributed by atoms with Crippen LogP contribution in [0, 0.1) is 6.92 Å². The molecular formula is C25H35N3O2S. The predicted molar refractivity (Wildman–Crippen MR) is 129 cm³/mol. The Hall–Kier alpha value is -2.15. The zero-order valence-corrected chi connectivity index (χ0v) is 19.9. The lowest BCUT2D eigenvalue weighted by Gasteiger charge is -2.20. The van der Waals surface area contributed by atoms with Gasteiger partial charge >= 0.3 is 0 Å². The fraction of sp³-hybridized carbons (Fsp3) is 0.440. The van der Waals surface area contributed by atoms with Gasteiger partial charge in [0.1, 0.15) is 0 Å². The second-order valence-electron chi connectivity index (χ2n) is 8.24. The lowest BCUT2D eigenvalue weighted by molar-refractivity contribution is 0.292. The number of nitrogens with zero attached hydrogens (tertiary/aromatic N) is 1. The Balaban J connectivity index is 1.58. The molecule has 0 aliphatic rings. The van der Waals surface area contributed by atoms with Crippen LogP contribution in [0.5, 0.6) is 0 Å². The summed E-state index contributed by atoms with van der Waals surface area (Å²) >= 11 is 0. The first-order chi connectivity index (χ1) is 14.9. The molecule has 1 heterocycles. The summed E-state index contributed by atoms with van der Waals surface area (Å²) in [5, 5.41) is 1.15. The lowest BCUT2D eigenvalue weighted by Crippen LogP contribution is -2.26. The largest absolute Gasteiger partial charge is 0.361 e. The first-order valence-electron chi connectivity index (χ1n) is 11.2. The van der Waals surface area contributed by atoms with E-state index in [0.717, 1.165) is 42.5 Å². The van der Waals surface area contributed by atoms with Crippen LogP contribution in [-0.2, 0) is 16.4 Å². The molecule has 2 aromatic carbocycles. The van der Waals surface area contributed by atoms with Gasteiger partial charge in [0.05, 0.1) is 4.90 Å². The molecule has 168 valence electrons. The summed E-state index contributed by atoms with van der Waals surface area (Å²) in [6.45, 7) is 12.2. The Bertz CT molecular complexity index is 1080. The molecule has 0 saturated heterocycles. The number of aromatic nitrogens is 1. The Morgan fingerprint density at radius 1 is 1.06 bits per heavy atom. The molecule has 5 nitrogen and oxygen atoms in total. The Kier molecular flexibility index (Phi) is 7.92. The van der Waals surface area contributed by atoms with Crippen LogP contribution in [0.1, 0.15) is 49.8 Å². The van der Waals surface area contributed by atoms with Crippen molar-refractivity contribution < 1.29 is 8.42 Å². The van der Waals surface area contributed by atoms with E-state index in [9.17, 15) is 8.42 Å². The van der Waals surface area contributed by atoms with Crippen molar-refractivity contribution in [2.24, 2.45) is 0 Å². The quantitative estimate of drug-likeness (QED) is 0.448. The monoisotopic (exact) mass is 441 g/mol. The van der Waals surface area contributed by atoms with Gasteiger partial charge in [0, 0.05) is 23.6 Å². The summed E-state index contributed by atoms with van der Waals surface area (Å²) in [5.41, 5.74) is 4.61. The highest BCUT2D eigenvalue weighted by Gasteiger charge is 2.15. The van der Waals surface area contributed by atoms with Gasteiger partial charge in [-0.15, -0.1) is 0 Å². The van der Waals surface area contributed by atoms with Crippen molar-refractivity contribution in [2.75, 3.05) is 26.2 Å². The Morgan fingerprint density at radius 2 is 1.77 bits per heavy atom. The van der Waals surface area contributed by atoms with Gasteiger partial charge in [0.15, 0.2) is 0 Å². The van der Waals surface area contributed by atoms with Gasteiger partial charge in [-0.05, 0) is 74.1 Å². The van der Waals surface area contributed by atoms with Crippen molar-refractivity contribution in [1.29, 1.82) is 0 Å². The van der Waals surface area contributed by atoms with Crippen molar-refractivity contribution in [3.63, 3.8) is 0 Å². The Morgan fingerprint density at radius 3 is 2.45 bits per heavy atom. The van der Waals surface area contributed by atoms with E-state index in [2.05, 4.69) is 54.4 Å². The lowest BCUT2D eigenvalue weighted by atomic mass is 9.98. The maximum atomic E-state index is 12.7. The highest BCUT2D eigenvalue weighted by Crippen LogP contribution is 2.23. The molecule has 0 fully saturated rings. The zero-order valence-electron chi connectivity index (χ0n) is 19.1. The number of rotatable bonds is 11. The minimum absolute atomic E-state index is 0.321. The number of para-hydroxylation sites is 1. The zero-order chi connectivity index (χ0) is 22.4. The van der Waals surface area contributed by atoms with Crippen LogP contribution in [0.25, 0.3) is 10.9 Å². The normalized spacial score (nSPS) is 13.2. The van der Waals surface area contributed by atoms with E-state index in [1.807, 2.05) is 24.4 Å². The standard InChI is InChI=1S/C25H35N3O2S/c1-5-28(6-2)17-15-19(3)21-10-12-23(13-11-21)31(29,30)27-16-14-22-18-26-25-20(4)8-7-9-24(22)25/h7-13,18-19,26-27H,5-6,14-17H2,1-4H3. The molecule has 0 bridgehead atoms. The molecule has 3 rings (SSSR count). The topological polar surface area (TPSA) is 65.2 Å². The summed E-state index contributed by atoms with van der Waals surface area (Å²) in [6.07, 6.45) is 3.68. The van der Waals surface area contributed by atoms with Gasteiger partial charge < -0.3 is 9.88 Å². The number of aryl methyl sites for hydroxylation is 1. The predicted octanol–water partition coefficient (Wildman–Crippen LogP) is 4.83. The number of fused-ring (bicyclic) bond motifs is 1. The van der Waals surface area contributed by atoms with E-state index in [4.69, 9.17) is 0 Å². The van der Waals surface area contributed by atoms with Gasteiger partial charge in [-0.2, -0.15) is 0 Å². The van der Waals surface area contributed by atoms with E-state index in [1.165, 1.54) is 11.1 Å². The van der Waals surface area contributed by atoms with Crippen LogP contribution in [0.15, 0.2) is 53.6 Å². The van der Waals surface area contributed by atoms with Gasteiger partial charge in [-0.1, -0.05) is 51.1 Å². The van der Waals surface area contributed by atoms with E-state index in [1.54, 1.807) is 12.1 Å². The molecule has 31 heavy (non-hydrogen) atoms. The van der Waals surface area contributed by atoms with Crippen molar-refractivity contribution in [1.82, 2.24) is 14.6 Å². The summed E-state index contributed by atoms with van der Waals surface area (Å²) < 4.78 is 28.2. The molecule has 0 amide bonds. The first-order valence-corrected chi connectivity index (χ1v) is 12.7. The second kappa shape index (κ2) is 10.4. The molecule has 0 saturated carbocycles. The third-order valence-electron chi connectivity index (χ3n) is 6.23. The average molecular weight is 442 g/mol. The summed E-state index contributed by atoms with van der Waals surface area (Å²) in [5.74, 6) is 0.399. The molecule has 2 N–H and O–H groups in total. The van der Waals surface area contributed by atoms with Crippen LogP contribution < -0.4 is 4.72 Å². The molecule has 1 atom stereocenters. The SMILES string of the molecule is CCN(CC)CCC(C)c1ccc(S(=O)(=O)NCCc2c[nH]c3c(C)cccc23)cc1. The van der Waals surface area contributed by atoms with Crippen molar-refractivity contribution in [3.05, 3.63) is 65.4 Å². The fourth-order valence-electron chi connectivity index (χ4n) is 4.03. The maximum absolute atomic E-state index is 12.7. The third-order valence-corrected chi connectivity index (χ3v) is 7.71. The summed E-state index contributed by atoms with van der Waals surface area (Å²) in [4.78, 5) is 6.03. The molecule has 0 aliphatic carbocycles. The van der Waals surface area contributed by atoms with Gasteiger partial charge in [-0.3, -0.25) is 0 Å². The van der Waals surface area contributed by atoms with E-state index < -0.39 is 10.0 Å². The van der Waals surface area contributed by atoms with E-state index >= 15 is 0 Å². The molecule has 1 unspecified atom stereocenters. The van der Waals surface area contributed by atoms with Crippen molar-refractivity contribution in [3.8, 4) is 0 Å². The van der Waals surface area contributed by atoms with E-state index in [0.29, 0.717) is 23.8 Å². The molecule has 0 aliphatic heterocycles. The number of aromatic amines is 1. The average Bonchev–Trinajstić information content (AvgIpc) is 3.19. The summed E-state index contributed by atoms with van der Waals surface area (Å²) in [6, 6.07) is 13.5. The number of nitrogens with one attached hydrogen (secondary N) is 2. The highest BCUT2D eigenvalue weighted by atomic mass is 32.2. The van der Waals surface area contributed by atoms with Crippen LogP contribution in [0.2, 0.25) is 0 Å².